The number of methoxy groups -OCH3 is 2. The summed E-state index contributed by atoms with van der Waals surface area (Å²) in [6.07, 6.45) is 1.60. The standard InChI is InChI=1S/C19H23ClN2O5/c1-26-16-6-5-14(20)9-15(16)22-11-13(8-17(22)23)18(24)21-7-3-4-12(10-21)19(25)27-2/h5-6,9,12-13H,3-4,7-8,10-11H2,1-2H3. The summed E-state index contributed by atoms with van der Waals surface area (Å²) in [5.74, 6) is -0.743. The number of esters is 1. The zero-order valence-electron chi connectivity index (χ0n) is 15.4. The van der Waals surface area contributed by atoms with Crippen molar-refractivity contribution in [1.82, 2.24) is 4.90 Å². The number of carbonyl (C=O) groups excluding carboxylic acids is 3. The normalized spacial score (nSPS) is 22.7. The lowest BCUT2D eigenvalue weighted by atomic mass is 9.96. The molecule has 0 aromatic heterocycles. The topological polar surface area (TPSA) is 76.2 Å². The molecule has 0 aliphatic carbocycles. The number of nitrogens with zero attached hydrogens (tertiary/aromatic N) is 2. The highest BCUT2D eigenvalue weighted by molar-refractivity contribution is 6.31. The van der Waals surface area contributed by atoms with Gasteiger partial charge in [0.2, 0.25) is 11.8 Å². The molecule has 0 spiro atoms. The van der Waals surface area contributed by atoms with Gasteiger partial charge in [-0.25, -0.2) is 0 Å². The first-order valence-electron chi connectivity index (χ1n) is 8.95. The highest BCUT2D eigenvalue weighted by atomic mass is 35.5. The molecule has 7 nitrogen and oxygen atoms in total. The summed E-state index contributed by atoms with van der Waals surface area (Å²) in [5.41, 5.74) is 0.566. The van der Waals surface area contributed by atoms with Crippen LogP contribution < -0.4 is 9.64 Å². The molecule has 0 bridgehead atoms. The third kappa shape index (κ3) is 4.03. The second-order valence-corrected chi connectivity index (χ2v) is 7.30. The number of likely N-dealkylation sites (tertiary alicyclic amines) is 1. The summed E-state index contributed by atoms with van der Waals surface area (Å²) >= 11 is 6.07. The molecule has 8 heteroatoms. The van der Waals surface area contributed by atoms with Crippen molar-refractivity contribution in [3.63, 3.8) is 0 Å². The number of amides is 2. The van der Waals surface area contributed by atoms with Gasteiger partial charge in [0.1, 0.15) is 5.75 Å². The summed E-state index contributed by atoms with van der Waals surface area (Å²) in [7, 11) is 2.88. The quantitative estimate of drug-likeness (QED) is 0.731. The van der Waals surface area contributed by atoms with Gasteiger partial charge in [-0.2, -0.15) is 0 Å². The molecule has 0 N–H and O–H groups in total. The van der Waals surface area contributed by atoms with E-state index in [-0.39, 0.29) is 36.7 Å². The summed E-state index contributed by atoms with van der Waals surface area (Å²) in [4.78, 5) is 40.5. The van der Waals surface area contributed by atoms with Crippen LogP contribution >= 0.6 is 11.6 Å². The van der Waals surface area contributed by atoms with Gasteiger partial charge in [0.05, 0.1) is 31.7 Å². The summed E-state index contributed by atoms with van der Waals surface area (Å²) in [5, 5.41) is 0.491. The largest absolute Gasteiger partial charge is 0.495 e. The lowest BCUT2D eigenvalue weighted by Gasteiger charge is -2.33. The maximum Gasteiger partial charge on any atom is 0.310 e. The van der Waals surface area contributed by atoms with Gasteiger partial charge in [0.15, 0.2) is 0 Å². The Morgan fingerprint density at radius 1 is 1.19 bits per heavy atom. The Labute approximate surface area is 163 Å². The molecule has 27 heavy (non-hydrogen) atoms. The molecule has 2 heterocycles. The predicted molar refractivity (Wildman–Crippen MR) is 99.8 cm³/mol. The van der Waals surface area contributed by atoms with E-state index in [4.69, 9.17) is 21.1 Å². The van der Waals surface area contributed by atoms with Gasteiger partial charge in [0.25, 0.3) is 0 Å². The van der Waals surface area contributed by atoms with Crippen LogP contribution in [0, 0.1) is 11.8 Å². The van der Waals surface area contributed by atoms with Gasteiger partial charge in [-0.1, -0.05) is 11.6 Å². The third-order valence-corrected chi connectivity index (χ3v) is 5.41. The van der Waals surface area contributed by atoms with Gasteiger partial charge in [-0.3, -0.25) is 14.4 Å². The van der Waals surface area contributed by atoms with Gasteiger partial charge < -0.3 is 19.3 Å². The first-order valence-corrected chi connectivity index (χ1v) is 9.33. The van der Waals surface area contributed by atoms with Crippen LogP contribution in [-0.4, -0.2) is 56.5 Å². The fraction of sp³-hybridized carbons (Fsp3) is 0.526. The van der Waals surface area contributed by atoms with Crippen molar-refractivity contribution >= 4 is 35.1 Å². The molecule has 2 unspecified atom stereocenters. The van der Waals surface area contributed by atoms with E-state index in [1.54, 1.807) is 28.0 Å². The highest BCUT2D eigenvalue weighted by Crippen LogP contribution is 2.36. The molecular weight excluding hydrogens is 372 g/mol. The maximum absolute atomic E-state index is 12.9. The van der Waals surface area contributed by atoms with E-state index in [0.29, 0.717) is 36.0 Å². The van der Waals surface area contributed by atoms with Crippen LogP contribution in [0.2, 0.25) is 5.02 Å². The number of halogens is 1. The van der Waals surface area contributed by atoms with E-state index in [0.717, 1.165) is 6.42 Å². The monoisotopic (exact) mass is 394 g/mol. The van der Waals surface area contributed by atoms with Gasteiger partial charge in [-0.15, -0.1) is 0 Å². The molecule has 1 aromatic carbocycles. The smallest absolute Gasteiger partial charge is 0.310 e. The molecule has 2 saturated heterocycles. The number of hydrogen-bond acceptors (Lipinski definition) is 5. The number of rotatable bonds is 4. The van der Waals surface area contributed by atoms with Crippen LogP contribution in [0.4, 0.5) is 5.69 Å². The fourth-order valence-electron chi connectivity index (χ4n) is 3.77. The van der Waals surface area contributed by atoms with E-state index in [2.05, 4.69) is 0 Å². The number of hydrogen-bond donors (Lipinski definition) is 0. The Bertz CT molecular complexity index is 754. The van der Waals surface area contributed by atoms with Crippen LogP contribution in [0.3, 0.4) is 0 Å². The number of carbonyl (C=O) groups is 3. The van der Waals surface area contributed by atoms with E-state index in [9.17, 15) is 14.4 Å². The molecule has 0 radical (unpaired) electrons. The number of piperidine rings is 1. The average Bonchev–Trinajstić information content (AvgIpc) is 3.08. The molecule has 146 valence electrons. The number of ether oxygens (including phenoxy) is 2. The van der Waals surface area contributed by atoms with Crippen molar-refractivity contribution in [3.8, 4) is 5.75 Å². The Kier molecular flexibility index (Phi) is 5.89. The SMILES string of the molecule is COC(=O)C1CCCN(C(=O)C2CC(=O)N(c3cc(Cl)ccc3OC)C2)C1. The minimum absolute atomic E-state index is 0.0968. The minimum atomic E-state index is -0.447. The van der Waals surface area contributed by atoms with E-state index in [1.165, 1.54) is 14.2 Å². The van der Waals surface area contributed by atoms with Crippen LogP contribution in [0.1, 0.15) is 19.3 Å². The van der Waals surface area contributed by atoms with Crippen LogP contribution in [-0.2, 0) is 19.1 Å². The molecule has 2 fully saturated rings. The predicted octanol–water partition coefficient (Wildman–Crippen LogP) is 2.11. The van der Waals surface area contributed by atoms with E-state index in [1.807, 2.05) is 0 Å². The molecule has 2 aliphatic rings. The lowest BCUT2D eigenvalue weighted by Crippen LogP contribution is -2.45. The van der Waals surface area contributed by atoms with Crippen molar-refractivity contribution in [2.75, 3.05) is 38.8 Å². The zero-order chi connectivity index (χ0) is 19.6. The first kappa shape index (κ1) is 19.5. The summed E-state index contributed by atoms with van der Waals surface area (Å²) < 4.78 is 10.1. The van der Waals surface area contributed by atoms with Crippen molar-refractivity contribution in [3.05, 3.63) is 23.2 Å². The molecule has 2 amide bonds. The van der Waals surface area contributed by atoms with Gasteiger partial charge in [0, 0.05) is 31.1 Å². The highest BCUT2D eigenvalue weighted by Gasteiger charge is 2.40. The van der Waals surface area contributed by atoms with E-state index < -0.39 is 5.92 Å². The van der Waals surface area contributed by atoms with Crippen molar-refractivity contribution in [2.45, 2.75) is 19.3 Å². The minimum Gasteiger partial charge on any atom is -0.495 e. The lowest BCUT2D eigenvalue weighted by molar-refractivity contribution is -0.149. The summed E-state index contributed by atoms with van der Waals surface area (Å²) in [6.45, 7) is 1.21. The molecule has 2 atom stereocenters. The van der Waals surface area contributed by atoms with Crippen LogP contribution in [0.5, 0.6) is 5.75 Å². The first-order chi connectivity index (χ1) is 12.9. The molecule has 1 aromatic rings. The van der Waals surface area contributed by atoms with E-state index >= 15 is 0 Å². The number of benzene rings is 1. The van der Waals surface area contributed by atoms with Gasteiger partial charge in [-0.05, 0) is 31.0 Å². The Morgan fingerprint density at radius 3 is 2.67 bits per heavy atom. The second-order valence-electron chi connectivity index (χ2n) is 6.87. The maximum atomic E-state index is 12.9. The Hall–Kier alpha value is -2.28. The summed E-state index contributed by atoms with van der Waals surface area (Å²) in [6, 6.07) is 5.05. The van der Waals surface area contributed by atoms with Gasteiger partial charge >= 0.3 is 5.97 Å². The Morgan fingerprint density at radius 2 is 1.96 bits per heavy atom. The second kappa shape index (κ2) is 8.17. The third-order valence-electron chi connectivity index (χ3n) is 5.17. The van der Waals surface area contributed by atoms with Crippen LogP contribution in [0.15, 0.2) is 18.2 Å². The molecular formula is C19H23ClN2O5. The average molecular weight is 395 g/mol. The van der Waals surface area contributed by atoms with Crippen molar-refractivity contribution < 1.29 is 23.9 Å². The van der Waals surface area contributed by atoms with Crippen molar-refractivity contribution in [2.24, 2.45) is 11.8 Å². The molecule has 0 saturated carbocycles. The number of anilines is 1. The molecule has 3 rings (SSSR count). The Balaban J connectivity index is 1.73. The molecule has 2 aliphatic heterocycles. The van der Waals surface area contributed by atoms with Crippen LogP contribution in [0.25, 0.3) is 0 Å². The van der Waals surface area contributed by atoms with Crippen molar-refractivity contribution in [1.29, 1.82) is 0 Å². The zero-order valence-corrected chi connectivity index (χ0v) is 16.2. The fourth-order valence-corrected chi connectivity index (χ4v) is 3.94.